The number of amides is 1. The molecule has 2 bridgehead atoms. The van der Waals surface area contributed by atoms with Gasteiger partial charge in [0.1, 0.15) is 0 Å². The zero-order valence-corrected chi connectivity index (χ0v) is 20.1. The van der Waals surface area contributed by atoms with Crippen molar-refractivity contribution in [1.82, 2.24) is 9.80 Å². The Morgan fingerprint density at radius 1 is 1.00 bits per heavy atom. The van der Waals surface area contributed by atoms with Crippen molar-refractivity contribution in [3.8, 4) is 0 Å². The van der Waals surface area contributed by atoms with Crippen LogP contribution in [0.15, 0.2) is 54.6 Å². The van der Waals surface area contributed by atoms with E-state index >= 15 is 0 Å². The first-order valence-electron chi connectivity index (χ1n) is 12.4. The van der Waals surface area contributed by atoms with Crippen molar-refractivity contribution >= 4 is 17.6 Å². The monoisotopic (exact) mass is 501 g/mol. The number of carbonyl (C=O) groups is 2. The number of benzene rings is 2. The number of hydrogen-bond acceptors (Lipinski definition) is 5. The van der Waals surface area contributed by atoms with E-state index in [4.69, 9.17) is 0 Å². The van der Waals surface area contributed by atoms with Gasteiger partial charge in [-0.25, -0.2) is 4.79 Å². The molecule has 3 aliphatic heterocycles. The molecule has 6 nitrogen and oxygen atoms in total. The topological polar surface area (TPSA) is 61.9 Å². The summed E-state index contributed by atoms with van der Waals surface area (Å²) < 4.78 is 42.4. The fraction of sp³-hybridized carbons (Fsp3) is 0.481. The molecule has 3 aliphatic rings. The summed E-state index contributed by atoms with van der Waals surface area (Å²) in [6, 6.07) is 18.8. The highest BCUT2D eigenvalue weighted by Gasteiger charge is 2.46. The number of esters is 1. The van der Waals surface area contributed by atoms with Crippen LogP contribution in [0.4, 0.5) is 18.9 Å². The van der Waals surface area contributed by atoms with Gasteiger partial charge in [0.15, 0.2) is 6.23 Å². The van der Waals surface area contributed by atoms with Crippen LogP contribution in [0.2, 0.25) is 0 Å². The molecular formula is C27H30F3N3O3. The lowest BCUT2D eigenvalue weighted by Crippen LogP contribution is -2.50. The highest BCUT2D eigenvalue weighted by Crippen LogP contribution is 2.44. The fourth-order valence-corrected chi connectivity index (χ4v) is 6.11. The molecule has 0 radical (unpaired) electrons. The van der Waals surface area contributed by atoms with Crippen LogP contribution >= 0.6 is 0 Å². The molecule has 5 unspecified atom stereocenters. The van der Waals surface area contributed by atoms with Crippen molar-refractivity contribution in [3.05, 3.63) is 65.7 Å². The highest BCUT2D eigenvalue weighted by atomic mass is 19.4. The van der Waals surface area contributed by atoms with Gasteiger partial charge in [-0.05, 0) is 62.6 Å². The van der Waals surface area contributed by atoms with Gasteiger partial charge in [0.05, 0.1) is 0 Å². The molecule has 0 saturated carbocycles. The minimum absolute atomic E-state index is 0.187. The molecule has 3 fully saturated rings. The van der Waals surface area contributed by atoms with Gasteiger partial charge in [-0.15, -0.1) is 0 Å². The summed E-state index contributed by atoms with van der Waals surface area (Å²) in [6.07, 6.45) is -2.25. The normalized spacial score (nSPS) is 28.2. The predicted octanol–water partition coefficient (Wildman–Crippen LogP) is 4.79. The average Bonchev–Trinajstić information content (AvgIpc) is 3.40. The molecule has 0 aliphatic carbocycles. The zero-order valence-electron chi connectivity index (χ0n) is 20.1. The number of ether oxygens (including phenoxy) is 1. The minimum Gasteiger partial charge on any atom is -0.435 e. The van der Waals surface area contributed by atoms with Crippen molar-refractivity contribution in [2.24, 2.45) is 0 Å². The van der Waals surface area contributed by atoms with Crippen LogP contribution in [0, 0.1) is 0 Å². The maximum Gasteiger partial charge on any atom is 0.491 e. The van der Waals surface area contributed by atoms with E-state index in [2.05, 4.69) is 46.3 Å². The van der Waals surface area contributed by atoms with E-state index in [1.54, 1.807) is 12.1 Å². The van der Waals surface area contributed by atoms with E-state index in [1.165, 1.54) is 23.3 Å². The summed E-state index contributed by atoms with van der Waals surface area (Å²) in [5.41, 5.74) is 2.55. The van der Waals surface area contributed by atoms with Crippen LogP contribution in [0.1, 0.15) is 53.9 Å². The number of piperidine rings is 1. The van der Waals surface area contributed by atoms with Crippen LogP contribution < -0.4 is 5.32 Å². The lowest BCUT2D eigenvalue weighted by atomic mass is 9.80. The average molecular weight is 502 g/mol. The van der Waals surface area contributed by atoms with Gasteiger partial charge < -0.3 is 15.0 Å². The molecule has 3 heterocycles. The Morgan fingerprint density at radius 3 is 2.42 bits per heavy atom. The molecule has 2 aromatic rings. The highest BCUT2D eigenvalue weighted by molar-refractivity contribution is 5.95. The second-order valence-electron chi connectivity index (χ2n) is 9.96. The number of likely N-dealkylation sites (tertiary alicyclic amines) is 1. The molecular weight excluding hydrogens is 471 g/mol. The molecule has 0 aromatic heterocycles. The Hall–Kier alpha value is -3.07. The molecule has 1 N–H and O–H groups in total. The summed E-state index contributed by atoms with van der Waals surface area (Å²) in [4.78, 5) is 28.0. The summed E-state index contributed by atoms with van der Waals surface area (Å²) in [5.74, 6) is -2.38. The third-order valence-corrected chi connectivity index (χ3v) is 7.87. The quantitative estimate of drug-likeness (QED) is 0.598. The molecule has 5 rings (SSSR count). The summed E-state index contributed by atoms with van der Waals surface area (Å²) in [5, 5.41) is 3.69. The summed E-state index contributed by atoms with van der Waals surface area (Å²) in [7, 11) is 2.21. The second-order valence-corrected chi connectivity index (χ2v) is 9.96. The number of carbonyl (C=O) groups excluding carboxylic acids is 2. The minimum atomic E-state index is -5.09. The van der Waals surface area contributed by atoms with E-state index in [0.29, 0.717) is 30.0 Å². The Balaban J connectivity index is 1.28. The maximum absolute atomic E-state index is 13.0. The zero-order chi connectivity index (χ0) is 25.4. The van der Waals surface area contributed by atoms with Gasteiger partial charge in [0.2, 0.25) is 0 Å². The number of fused-ring (bicyclic) bond motifs is 2. The maximum atomic E-state index is 13.0. The molecule has 5 atom stereocenters. The van der Waals surface area contributed by atoms with Crippen LogP contribution in [-0.2, 0) is 9.53 Å². The van der Waals surface area contributed by atoms with Crippen LogP contribution in [0.5, 0.6) is 0 Å². The largest absolute Gasteiger partial charge is 0.491 e. The molecule has 1 amide bonds. The van der Waals surface area contributed by atoms with Crippen LogP contribution in [-0.4, -0.2) is 65.8 Å². The smallest absolute Gasteiger partial charge is 0.435 e. The van der Waals surface area contributed by atoms with Gasteiger partial charge in [-0.1, -0.05) is 30.3 Å². The molecule has 192 valence electrons. The van der Waals surface area contributed by atoms with Gasteiger partial charge in [0, 0.05) is 48.3 Å². The van der Waals surface area contributed by atoms with E-state index in [0.717, 1.165) is 12.1 Å². The van der Waals surface area contributed by atoms with E-state index in [1.807, 2.05) is 18.2 Å². The van der Waals surface area contributed by atoms with Crippen LogP contribution in [0.3, 0.4) is 0 Å². The van der Waals surface area contributed by atoms with Gasteiger partial charge in [-0.2, -0.15) is 13.2 Å². The van der Waals surface area contributed by atoms with E-state index in [-0.39, 0.29) is 19.0 Å². The summed E-state index contributed by atoms with van der Waals surface area (Å²) >= 11 is 0. The van der Waals surface area contributed by atoms with Crippen molar-refractivity contribution in [3.63, 3.8) is 0 Å². The number of alkyl halides is 3. The van der Waals surface area contributed by atoms with Gasteiger partial charge in [0.25, 0.3) is 5.91 Å². The lowest BCUT2D eigenvalue weighted by Gasteiger charge is -2.44. The third kappa shape index (κ3) is 4.81. The second kappa shape index (κ2) is 9.76. The van der Waals surface area contributed by atoms with Crippen molar-refractivity contribution in [2.75, 3.05) is 18.9 Å². The number of nitrogens with one attached hydrogen (secondary N) is 1. The first kappa shape index (κ1) is 24.6. The first-order valence-corrected chi connectivity index (χ1v) is 12.4. The molecule has 2 aromatic carbocycles. The van der Waals surface area contributed by atoms with E-state index in [9.17, 15) is 22.8 Å². The SMILES string of the molecule is CN1C2CCC1C(c1ccccc1)C(Nc1ccc(C(=O)N3CCCC3OC(=O)C(F)(F)F)cc1)C2. The third-order valence-electron chi connectivity index (χ3n) is 7.87. The molecule has 9 heteroatoms. The summed E-state index contributed by atoms with van der Waals surface area (Å²) in [6.45, 7) is 0.242. The van der Waals surface area contributed by atoms with Crippen LogP contribution in [0.25, 0.3) is 0 Å². The molecule has 3 saturated heterocycles. The molecule has 36 heavy (non-hydrogen) atoms. The van der Waals surface area contributed by atoms with Gasteiger partial charge >= 0.3 is 12.1 Å². The van der Waals surface area contributed by atoms with Crippen molar-refractivity contribution in [1.29, 1.82) is 0 Å². The number of hydrogen-bond donors (Lipinski definition) is 1. The number of anilines is 1. The fourth-order valence-electron chi connectivity index (χ4n) is 6.11. The van der Waals surface area contributed by atoms with Gasteiger partial charge in [-0.3, -0.25) is 9.69 Å². The lowest BCUT2D eigenvalue weighted by molar-refractivity contribution is -0.209. The predicted molar refractivity (Wildman–Crippen MR) is 128 cm³/mol. The number of likely N-dealkylation sites (N-methyl/N-ethyl adjacent to an activating group) is 1. The Morgan fingerprint density at radius 2 is 1.72 bits per heavy atom. The Labute approximate surface area is 208 Å². The standard InChI is InChI=1S/C27H30F3N3O3/c1-32-20-13-14-22(32)24(17-6-3-2-4-7-17)21(16-20)31-19-11-9-18(10-12-19)25(34)33-15-5-8-23(33)36-26(35)27(28,29)30/h2-4,6-7,9-12,20-24,31H,5,8,13-16H2,1H3. The number of rotatable bonds is 5. The molecule has 0 spiro atoms. The van der Waals surface area contributed by atoms with E-state index < -0.39 is 24.3 Å². The Kier molecular flexibility index (Phi) is 6.68. The van der Waals surface area contributed by atoms with Crippen molar-refractivity contribution < 1.29 is 27.5 Å². The number of halogens is 3. The first-order chi connectivity index (χ1) is 17.2. The van der Waals surface area contributed by atoms with Crippen molar-refractivity contribution in [2.45, 2.75) is 68.6 Å². The Bertz CT molecular complexity index is 1090. The number of nitrogens with zero attached hydrogens (tertiary/aromatic N) is 2.